The molecule has 0 radical (unpaired) electrons. The quantitative estimate of drug-likeness (QED) is 0.803. The Morgan fingerprint density at radius 2 is 2.31 bits per heavy atom. The van der Waals surface area contributed by atoms with E-state index in [1.807, 2.05) is 25.3 Å². The highest BCUT2D eigenvalue weighted by Gasteiger charge is 2.19. The monoisotopic (exact) mass is 194 g/mol. The third-order valence-electron chi connectivity index (χ3n) is 1.83. The largest absolute Gasteiger partial charge is 0.292 e. The Balaban J connectivity index is 2.62. The number of hydrogen-bond acceptors (Lipinski definition) is 3. The van der Waals surface area contributed by atoms with Crippen molar-refractivity contribution in [2.24, 2.45) is 0 Å². The molecule has 0 aromatic carbocycles. The summed E-state index contributed by atoms with van der Waals surface area (Å²) in [6.07, 6.45) is 0. The van der Waals surface area contributed by atoms with Gasteiger partial charge in [-0.1, -0.05) is 6.07 Å². The fourth-order valence-corrected chi connectivity index (χ4v) is 1.92. The van der Waals surface area contributed by atoms with Crippen LogP contribution in [0.5, 0.6) is 0 Å². The lowest BCUT2D eigenvalue weighted by atomic mass is 10.1. The van der Waals surface area contributed by atoms with Crippen LogP contribution in [0.4, 0.5) is 0 Å². The minimum Gasteiger partial charge on any atom is -0.292 e. The lowest BCUT2D eigenvalue weighted by Crippen LogP contribution is -2.39. The first-order valence-electron chi connectivity index (χ1n) is 4.27. The van der Waals surface area contributed by atoms with Crippen LogP contribution in [0.15, 0.2) is 17.5 Å². The van der Waals surface area contributed by atoms with Gasteiger partial charge in [0.1, 0.15) is 5.54 Å². The molecule has 0 aliphatic carbocycles. The molecule has 70 valence electrons. The minimum absolute atomic E-state index is 0.245. The lowest BCUT2D eigenvalue weighted by Gasteiger charge is -2.22. The van der Waals surface area contributed by atoms with E-state index in [0.717, 1.165) is 0 Å². The van der Waals surface area contributed by atoms with Gasteiger partial charge in [0.2, 0.25) is 0 Å². The van der Waals surface area contributed by atoms with Crippen molar-refractivity contribution in [3.63, 3.8) is 0 Å². The Bertz CT molecular complexity index is 295. The van der Waals surface area contributed by atoms with Crippen LogP contribution >= 0.6 is 11.3 Å². The molecule has 0 saturated carbocycles. The second-order valence-corrected chi connectivity index (χ2v) is 4.60. The maximum Gasteiger partial charge on any atom is 0.101 e. The molecule has 13 heavy (non-hydrogen) atoms. The molecule has 0 amide bonds. The van der Waals surface area contributed by atoms with Crippen LogP contribution in [-0.4, -0.2) is 5.54 Å². The molecule has 1 N–H and O–H groups in total. The molecule has 2 nitrogen and oxygen atoms in total. The topological polar surface area (TPSA) is 35.8 Å². The highest BCUT2D eigenvalue weighted by atomic mass is 32.1. The summed E-state index contributed by atoms with van der Waals surface area (Å²) in [5.41, 5.74) is -0.455. The minimum atomic E-state index is -0.455. The Morgan fingerprint density at radius 1 is 1.62 bits per heavy atom. The predicted molar refractivity (Wildman–Crippen MR) is 55.6 cm³/mol. The second-order valence-electron chi connectivity index (χ2n) is 3.62. The number of hydrogen-bond donors (Lipinski definition) is 1. The first-order chi connectivity index (χ1) is 6.05. The van der Waals surface area contributed by atoms with Gasteiger partial charge in [-0.15, -0.1) is 11.3 Å². The zero-order valence-corrected chi connectivity index (χ0v) is 8.98. The molecule has 0 aliphatic heterocycles. The van der Waals surface area contributed by atoms with Gasteiger partial charge in [0.05, 0.1) is 6.07 Å². The highest BCUT2D eigenvalue weighted by Crippen LogP contribution is 2.20. The number of nitriles is 1. The standard InChI is InChI=1S/C10H14N2S/c1-8(9-5-4-6-13-9)12-10(2,3)7-11/h4-6,8,12H,1-3H3/t8-/m0/s1. The Morgan fingerprint density at radius 3 is 2.77 bits per heavy atom. The lowest BCUT2D eigenvalue weighted by molar-refractivity contribution is 0.431. The molecule has 0 fully saturated rings. The molecule has 1 aromatic heterocycles. The predicted octanol–water partition coefficient (Wildman–Crippen LogP) is 2.70. The van der Waals surface area contributed by atoms with Crippen molar-refractivity contribution >= 4 is 11.3 Å². The summed E-state index contributed by atoms with van der Waals surface area (Å²) in [5.74, 6) is 0. The van der Waals surface area contributed by atoms with E-state index < -0.39 is 5.54 Å². The molecular weight excluding hydrogens is 180 g/mol. The summed E-state index contributed by atoms with van der Waals surface area (Å²) in [4.78, 5) is 1.27. The number of thiophene rings is 1. The van der Waals surface area contributed by atoms with Gasteiger partial charge in [-0.25, -0.2) is 0 Å². The van der Waals surface area contributed by atoms with Crippen molar-refractivity contribution in [3.05, 3.63) is 22.4 Å². The zero-order valence-electron chi connectivity index (χ0n) is 8.16. The van der Waals surface area contributed by atoms with Crippen LogP contribution in [0, 0.1) is 11.3 Å². The molecule has 1 atom stereocenters. The van der Waals surface area contributed by atoms with Crippen LogP contribution in [0.2, 0.25) is 0 Å². The summed E-state index contributed by atoms with van der Waals surface area (Å²) in [5, 5.41) is 14.1. The SMILES string of the molecule is C[C@H](NC(C)(C)C#N)c1cccs1. The summed E-state index contributed by atoms with van der Waals surface area (Å²) in [6.45, 7) is 5.85. The fourth-order valence-electron chi connectivity index (χ4n) is 1.18. The van der Waals surface area contributed by atoms with Gasteiger partial charge in [0.25, 0.3) is 0 Å². The fraction of sp³-hybridized carbons (Fsp3) is 0.500. The maximum atomic E-state index is 8.83. The number of rotatable bonds is 3. The van der Waals surface area contributed by atoms with E-state index >= 15 is 0 Å². The van der Waals surface area contributed by atoms with Gasteiger partial charge >= 0.3 is 0 Å². The Hall–Kier alpha value is -0.850. The third kappa shape index (κ3) is 2.83. The third-order valence-corrected chi connectivity index (χ3v) is 2.88. The molecule has 1 aromatic rings. The molecule has 0 spiro atoms. The average Bonchev–Trinajstić information content (AvgIpc) is 2.55. The van der Waals surface area contributed by atoms with E-state index in [1.54, 1.807) is 11.3 Å². The van der Waals surface area contributed by atoms with Gasteiger partial charge < -0.3 is 0 Å². The molecular formula is C10H14N2S. The first-order valence-corrected chi connectivity index (χ1v) is 5.15. The first kappa shape index (κ1) is 10.2. The Kier molecular flexibility index (Phi) is 3.07. The summed E-state index contributed by atoms with van der Waals surface area (Å²) < 4.78 is 0. The molecule has 0 unspecified atom stereocenters. The molecule has 0 aliphatic rings. The van der Waals surface area contributed by atoms with Crippen LogP contribution in [-0.2, 0) is 0 Å². The van der Waals surface area contributed by atoms with Crippen molar-refractivity contribution in [2.45, 2.75) is 32.4 Å². The van der Waals surface area contributed by atoms with Crippen LogP contribution in [0.25, 0.3) is 0 Å². The number of nitrogens with one attached hydrogen (secondary N) is 1. The van der Waals surface area contributed by atoms with E-state index in [2.05, 4.69) is 24.4 Å². The highest BCUT2D eigenvalue weighted by molar-refractivity contribution is 7.10. The van der Waals surface area contributed by atoms with E-state index in [-0.39, 0.29) is 6.04 Å². The van der Waals surface area contributed by atoms with Gasteiger partial charge in [0, 0.05) is 10.9 Å². The molecule has 0 bridgehead atoms. The van der Waals surface area contributed by atoms with Crippen molar-refractivity contribution in [2.75, 3.05) is 0 Å². The van der Waals surface area contributed by atoms with Crippen molar-refractivity contribution in [3.8, 4) is 6.07 Å². The molecule has 0 saturated heterocycles. The summed E-state index contributed by atoms with van der Waals surface area (Å²) in [6, 6.07) is 6.58. The second kappa shape index (κ2) is 3.91. The molecule has 1 rings (SSSR count). The number of nitrogens with zero attached hydrogens (tertiary/aromatic N) is 1. The normalized spacial score (nSPS) is 13.7. The maximum absolute atomic E-state index is 8.83. The van der Waals surface area contributed by atoms with Gasteiger partial charge in [-0.2, -0.15) is 5.26 Å². The Labute approximate surface area is 83.2 Å². The van der Waals surface area contributed by atoms with Crippen molar-refractivity contribution in [1.82, 2.24) is 5.32 Å². The van der Waals surface area contributed by atoms with Crippen LogP contribution in [0.1, 0.15) is 31.7 Å². The van der Waals surface area contributed by atoms with Crippen LogP contribution in [0.3, 0.4) is 0 Å². The van der Waals surface area contributed by atoms with E-state index in [1.165, 1.54) is 4.88 Å². The molecule has 3 heteroatoms. The van der Waals surface area contributed by atoms with Crippen molar-refractivity contribution < 1.29 is 0 Å². The molecule has 1 heterocycles. The summed E-state index contributed by atoms with van der Waals surface area (Å²) >= 11 is 1.71. The summed E-state index contributed by atoms with van der Waals surface area (Å²) in [7, 11) is 0. The van der Waals surface area contributed by atoms with Gasteiger partial charge in [-0.3, -0.25) is 5.32 Å². The smallest absolute Gasteiger partial charge is 0.101 e. The van der Waals surface area contributed by atoms with Crippen molar-refractivity contribution in [1.29, 1.82) is 5.26 Å². The van der Waals surface area contributed by atoms with Gasteiger partial charge in [-0.05, 0) is 32.2 Å². The van der Waals surface area contributed by atoms with Gasteiger partial charge in [0.15, 0.2) is 0 Å². The van der Waals surface area contributed by atoms with E-state index in [9.17, 15) is 0 Å². The van der Waals surface area contributed by atoms with E-state index in [4.69, 9.17) is 5.26 Å². The average molecular weight is 194 g/mol. The van der Waals surface area contributed by atoms with E-state index in [0.29, 0.717) is 0 Å². The zero-order chi connectivity index (χ0) is 9.90. The van der Waals surface area contributed by atoms with Crippen LogP contribution < -0.4 is 5.32 Å².